The van der Waals surface area contributed by atoms with Gasteiger partial charge in [0.1, 0.15) is 12.1 Å². The van der Waals surface area contributed by atoms with E-state index in [2.05, 4.69) is 10.3 Å². The van der Waals surface area contributed by atoms with Crippen LogP contribution in [-0.4, -0.2) is 15.6 Å². The molecule has 0 saturated heterocycles. The molecule has 0 aliphatic heterocycles. The van der Waals surface area contributed by atoms with Crippen LogP contribution in [0.1, 0.15) is 18.5 Å². The highest BCUT2D eigenvalue weighted by atomic mass is 19.1. The first-order chi connectivity index (χ1) is 8.16. The van der Waals surface area contributed by atoms with Crippen LogP contribution < -0.4 is 5.32 Å². The largest absolute Gasteiger partial charge is 0.331 e. The number of imidazole rings is 1. The van der Waals surface area contributed by atoms with E-state index in [1.807, 2.05) is 6.92 Å². The molecule has 1 aromatic carbocycles. The predicted octanol–water partition coefficient (Wildman–Crippen LogP) is 2.34. The van der Waals surface area contributed by atoms with Crippen LogP contribution in [0.15, 0.2) is 43.0 Å². The topological polar surface area (TPSA) is 46.9 Å². The van der Waals surface area contributed by atoms with E-state index in [0.717, 1.165) is 5.56 Å². The fourth-order valence-electron chi connectivity index (χ4n) is 1.47. The van der Waals surface area contributed by atoms with Crippen molar-refractivity contribution in [3.05, 3.63) is 54.4 Å². The van der Waals surface area contributed by atoms with Crippen molar-refractivity contribution in [1.82, 2.24) is 14.9 Å². The molecule has 1 unspecified atom stereocenters. The number of amides is 1. The van der Waals surface area contributed by atoms with E-state index >= 15 is 0 Å². The van der Waals surface area contributed by atoms with Gasteiger partial charge in [0.2, 0.25) is 0 Å². The van der Waals surface area contributed by atoms with E-state index in [0.29, 0.717) is 0 Å². The summed E-state index contributed by atoms with van der Waals surface area (Å²) in [4.78, 5) is 15.5. The van der Waals surface area contributed by atoms with Gasteiger partial charge in [0, 0.05) is 12.4 Å². The zero-order valence-electron chi connectivity index (χ0n) is 9.30. The summed E-state index contributed by atoms with van der Waals surface area (Å²) >= 11 is 0. The smallest absolute Gasteiger partial charge is 0.327 e. The maximum absolute atomic E-state index is 12.7. The van der Waals surface area contributed by atoms with E-state index in [-0.39, 0.29) is 17.9 Å². The molecule has 5 heteroatoms. The molecule has 0 aliphatic rings. The third-order valence-corrected chi connectivity index (χ3v) is 2.45. The third kappa shape index (κ3) is 2.69. The summed E-state index contributed by atoms with van der Waals surface area (Å²) in [5.41, 5.74) is 0.847. The molecule has 0 aliphatic carbocycles. The Kier molecular flexibility index (Phi) is 3.18. The van der Waals surface area contributed by atoms with Gasteiger partial charge in [-0.05, 0) is 24.6 Å². The minimum atomic E-state index is -0.290. The van der Waals surface area contributed by atoms with E-state index < -0.39 is 0 Å². The number of rotatable bonds is 2. The second-order valence-electron chi connectivity index (χ2n) is 3.69. The number of nitrogens with one attached hydrogen (secondary N) is 1. The lowest BCUT2D eigenvalue weighted by molar-refractivity contribution is 0.239. The van der Waals surface area contributed by atoms with Gasteiger partial charge in [0.25, 0.3) is 0 Å². The van der Waals surface area contributed by atoms with Crippen LogP contribution in [0.3, 0.4) is 0 Å². The first-order valence-corrected chi connectivity index (χ1v) is 5.21. The van der Waals surface area contributed by atoms with Crippen molar-refractivity contribution in [1.29, 1.82) is 0 Å². The molecule has 4 nitrogen and oxygen atoms in total. The van der Waals surface area contributed by atoms with Crippen molar-refractivity contribution in [2.24, 2.45) is 0 Å². The fourth-order valence-corrected chi connectivity index (χ4v) is 1.47. The number of hydrogen-bond donors (Lipinski definition) is 1. The quantitative estimate of drug-likeness (QED) is 0.865. The second kappa shape index (κ2) is 4.78. The Morgan fingerprint density at radius 2 is 2.12 bits per heavy atom. The average molecular weight is 233 g/mol. The number of carbonyl (C=O) groups is 1. The number of hydrogen-bond acceptors (Lipinski definition) is 2. The molecule has 1 aromatic heterocycles. The van der Waals surface area contributed by atoms with Crippen molar-refractivity contribution in [3.8, 4) is 0 Å². The van der Waals surface area contributed by atoms with Crippen molar-refractivity contribution in [3.63, 3.8) is 0 Å². The van der Waals surface area contributed by atoms with Crippen LogP contribution in [-0.2, 0) is 0 Å². The normalized spacial score (nSPS) is 12.1. The molecule has 2 aromatic rings. The molecule has 0 radical (unpaired) electrons. The van der Waals surface area contributed by atoms with Gasteiger partial charge >= 0.3 is 6.03 Å². The highest BCUT2D eigenvalue weighted by Crippen LogP contribution is 2.12. The molecular formula is C12H12FN3O. The van der Waals surface area contributed by atoms with Crippen LogP contribution >= 0.6 is 0 Å². The predicted molar refractivity (Wildman–Crippen MR) is 61.0 cm³/mol. The van der Waals surface area contributed by atoms with Gasteiger partial charge in [-0.2, -0.15) is 0 Å². The molecule has 0 spiro atoms. The lowest BCUT2D eigenvalue weighted by Gasteiger charge is -2.14. The van der Waals surface area contributed by atoms with Crippen LogP contribution in [0.5, 0.6) is 0 Å². The highest BCUT2D eigenvalue weighted by Gasteiger charge is 2.10. The van der Waals surface area contributed by atoms with Crippen molar-refractivity contribution in [2.75, 3.05) is 0 Å². The number of benzene rings is 1. The molecule has 0 saturated carbocycles. The molecule has 1 N–H and O–H groups in total. The van der Waals surface area contributed by atoms with Crippen LogP contribution in [0.2, 0.25) is 0 Å². The van der Waals surface area contributed by atoms with Crippen LogP contribution in [0.25, 0.3) is 0 Å². The Morgan fingerprint density at radius 1 is 1.41 bits per heavy atom. The Labute approximate surface area is 98.1 Å². The van der Waals surface area contributed by atoms with E-state index in [1.165, 1.54) is 29.2 Å². The molecule has 88 valence electrons. The SMILES string of the molecule is CC(NC(=O)n1ccnc1)c1ccc(F)cc1. The van der Waals surface area contributed by atoms with Crippen molar-refractivity contribution >= 4 is 6.03 Å². The monoisotopic (exact) mass is 233 g/mol. The summed E-state index contributed by atoms with van der Waals surface area (Å²) in [5.74, 6) is -0.290. The maximum atomic E-state index is 12.7. The van der Waals surface area contributed by atoms with Crippen LogP contribution in [0.4, 0.5) is 9.18 Å². The number of nitrogens with zero attached hydrogens (tertiary/aromatic N) is 2. The summed E-state index contributed by atoms with van der Waals surface area (Å²) in [6, 6.07) is 5.58. The molecule has 1 atom stereocenters. The third-order valence-electron chi connectivity index (χ3n) is 2.45. The second-order valence-corrected chi connectivity index (χ2v) is 3.69. The molecule has 1 amide bonds. The summed E-state index contributed by atoms with van der Waals surface area (Å²) in [7, 11) is 0. The minimum absolute atomic E-state index is 0.189. The first kappa shape index (κ1) is 11.3. The van der Waals surface area contributed by atoms with E-state index in [9.17, 15) is 9.18 Å². The molecule has 1 heterocycles. The van der Waals surface area contributed by atoms with E-state index in [1.54, 1.807) is 18.3 Å². The molecule has 0 bridgehead atoms. The Hall–Kier alpha value is -2.17. The zero-order chi connectivity index (χ0) is 12.3. The van der Waals surface area contributed by atoms with Gasteiger partial charge < -0.3 is 5.32 Å². The zero-order valence-corrected chi connectivity index (χ0v) is 9.30. The summed E-state index contributed by atoms with van der Waals surface area (Å²) in [5, 5.41) is 2.78. The Morgan fingerprint density at radius 3 is 2.71 bits per heavy atom. The Balaban J connectivity index is 2.04. The molecule has 0 fully saturated rings. The van der Waals surface area contributed by atoms with Gasteiger partial charge in [-0.25, -0.2) is 14.2 Å². The summed E-state index contributed by atoms with van der Waals surface area (Å²) in [6.07, 6.45) is 4.52. The van der Waals surface area contributed by atoms with Gasteiger partial charge in [-0.15, -0.1) is 0 Å². The Bertz CT molecular complexity index is 493. The highest BCUT2D eigenvalue weighted by molar-refractivity contribution is 5.76. The van der Waals surface area contributed by atoms with Crippen LogP contribution in [0, 0.1) is 5.82 Å². The number of aromatic nitrogens is 2. The summed E-state index contributed by atoms with van der Waals surface area (Å²) in [6.45, 7) is 1.84. The fraction of sp³-hybridized carbons (Fsp3) is 0.167. The lowest BCUT2D eigenvalue weighted by Crippen LogP contribution is -2.30. The van der Waals surface area contributed by atoms with Gasteiger partial charge in [-0.1, -0.05) is 12.1 Å². The minimum Gasteiger partial charge on any atom is -0.331 e. The number of halogens is 1. The van der Waals surface area contributed by atoms with Crippen molar-refractivity contribution in [2.45, 2.75) is 13.0 Å². The lowest BCUT2D eigenvalue weighted by atomic mass is 10.1. The van der Waals surface area contributed by atoms with Gasteiger partial charge in [0.05, 0.1) is 6.04 Å². The standard InChI is InChI=1S/C12H12FN3O/c1-9(10-2-4-11(13)5-3-10)15-12(17)16-7-6-14-8-16/h2-9H,1H3,(H,15,17). The van der Waals surface area contributed by atoms with Crippen molar-refractivity contribution < 1.29 is 9.18 Å². The molecular weight excluding hydrogens is 221 g/mol. The summed E-state index contributed by atoms with van der Waals surface area (Å²) < 4.78 is 14.1. The maximum Gasteiger partial charge on any atom is 0.327 e. The molecule has 17 heavy (non-hydrogen) atoms. The first-order valence-electron chi connectivity index (χ1n) is 5.21. The van der Waals surface area contributed by atoms with E-state index in [4.69, 9.17) is 0 Å². The average Bonchev–Trinajstić information content (AvgIpc) is 2.83. The van der Waals surface area contributed by atoms with Gasteiger partial charge in [-0.3, -0.25) is 4.57 Å². The molecule has 2 rings (SSSR count). The van der Waals surface area contributed by atoms with Gasteiger partial charge in [0.15, 0.2) is 0 Å². The number of carbonyl (C=O) groups excluding carboxylic acids is 1.